The smallest absolute Gasteiger partial charge is 0.249 e. The van der Waals surface area contributed by atoms with E-state index in [4.69, 9.17) is 0 Å². The van der Waals surface area contributed by atoms with Gasteiger partial charge in [-0.15, -0.1) is 0 Å². The lowest BCUT2D eigenvalue weighted by Crippen LogP contribution is -2.42. The van der Waals surface area contributed by atoms with E-state index in [1.165, 1.54) is 12.8 Å². The quantitative estimate of drug-likeness (QED) is 0.562. The molecule has 3 heteroatoms. The summed E-state index contributed by atoms with van der Waals surface area (Å²) in [5.74, 6) is 0. The molecule has 0 spiro atoms. The van der Waals surface area contributed by atoms with Crippen molar-refractivity contribution in [3.63, 3.8) is 0 Å². The van der Waals surface area contributed by atoms with Crippen molar-refractivity contribution in [2.45, 2.75) is 59.8 Å². The highest BCUT2D eigenvalue weighted by molar-refractivity contribution is 5.58. The van der Waals surface area contributed by atoms with E-state index in [0.717, 1.165) is 31.4 Å². The zero-order chi connectivity index (χ0) is 14.6. The minimum atomic E-state index is -0.297. The maximum absolute atomic E-state index is 11.6. The maximum Gasteiger partial charge on any atom is 0.249 e. The van der Waals surface area contributed by atoms with Crippen LogP contribution in [0.3, 0.4) is 0 Å². The standard InChI is InChI=1S/C16H27NO2/c1-6-17(5)13-12(14(18)15(13)19)10-8-7-9-11-16(2,3)4/h6-11H2,1-5H3. The first-order chi connectivity index (χ1) is 8.78. The highest BCUT2D eigenvalue weighted by Crippen LogP contribution is 2.23. The number of anilines is 1. The van der Waals surface area contributed by atoms with Crippen LogP contribution in [0.1, 0.15) is 58.9 Å². The maximum atomic E-state index is 11.6. The largest absolute Gasteiger partial charge is 0.371 e. The Labute approximate surface area is 116 Å². The molecule has 0 fully saturated rings. The van der Waals surface area contributed by atoms with E-state index in [0.29, 0.717) is 11.1 Å². The van der Waals surface area contributed by atoms with Gasteiger partial charge in [0.15, 0.2) is 0 Å². The number of hydrogen-bond donors (Lipinski definition) is 0. The molecule has 0 amide bonds. The van der Waals surface area contributed by atoms with Crippen molar-refractivity contribution in [3.8, 4) is 0 Å². The predicted octanol–water partition coefficient (Wildman–Crippen LogP) is 2.89. The third-order valence-electron chi connectivity index (χ3n) is 3.69. The molecule has 0 radical (unpaired) electrons. The van der Waals surface area contributed by atoms with E-state index < -0.39 is 0 Å². The lowest BCUT2D eigenvalue weighted by atomic mass is 9.89. The molecule has 0 aliphatic carbocycles. The molecule has 0 bridgehead atoms. The van der Waals surface area contributed by atoms with Crippen LogP contribution in [0.4, 0.5) is 5.69 Å². The van der Waals surface area contributed by atoms with Crippen molar-refractivity contribution < 1.29 is 0 Å². The first-order valence-corrected chi connectivity index (χ1v) is 7.31. The Kier molecular flexibility index (Phi) is 5.33. The molecule has 1 aromatic carbocycles. The van der Waals surface area contributed by atoms with Gasteiger partial charge in [0.05, 0.1) is 5.69 Å². The van der Waals surface area contributed by atoms with Crippen molar-refractivity contribution in [1.29, 1.82) is 0 Å². The normalized spacial score (nSPS) is 12.1. The van der Waals surface area contributed by atoms with Crippen molar-refractivity contribution in [2.24, 2.45) is 5.41 Å². The Morgan fingerprint density at radius 2 is 1.63 bits per heavy atom. The highest BCUT2D eigenvalue weighted by Gasteiger charge is 2.22. The third-order valence-corrected chi connectivity index (χ3v) is 3.69. The number of nitrogens with zero attached hydrogens (tertiary/aromatic N) is 1. The first-order valence-electron chi connectivity index (χ1n) is 7.31. The van der Waals surface area contributed by atoms with Crippen LogP contribution in [0.5, 0.6) is 0 Å². The minimum Gasteiger partial charge on any atom is -0.371 e. The van der Waals surface area contributed by atoms with E-state index >= 15 is 0 Å². The van der Waals surface area contributed by atoms with Crippen molar-refractivity contribution in [3.05, 3.63) is 26.0 Å². The lowest BCUT2D eigenvalue weighted by Gasteiger charge is -2.21. The summed E-state index contributed by atoms with van der Waals surface area (Å²) >= 11 is 0. The minimum absolute atomic E-state index is 0.258. The molecule has 0 aromatic heterocycles. The van der Waals surface area contributed by atoms with Gasteiger partial charge in [0.2, 0.25) is 10.9 Å². The van der Waals surface area contributed by atoms with Gasteiger partial charge in [0, 0.05) is 19.2 Å². The van der Waals surface area contributed by atoms with Crippen LogP contribution in [0, 0.1) is 5.41 Å². The van der Waals surface area contributed by atoms with E-state index in [1.54, 1.807) is 0 Å². The number of rotatable bonds is 7. The van der Waals surface area contributed by atoms with Crippen LogP contribution in [0.25, 0.3) is 0 Å². The van der Waals surface area contributed by atoms with Gasteiger partial charge < -0.3 is 4.90 Å². The van der Waals surface area contributed by atoms with Gasteiger partial charge in [0.1, 0.15) is 0 Å². The van der Waals surface area contributed by atoms with Gasteiger partial charge >= 0.3 is 0 Å². The summed E-state index contributed by atoms with van der Waals surface area (Å²) in [6, 6.07) is 0. The molecule has 1 rings (SSSR count). The van der Waals surface area contributed by atoms with Gasteiger partial charge in [-0.1, -0.05) is 33.6 Å². The molecule has 1 aromatic rings. The molecular formula is C16H27NO2. The van der Waals surface area contributed by atoms with Gasteiger partial charge in [-0.2, -0.15) is 0 Å². The van der Waals surface area contributed by atoms with E-state index in [1.807, 2.05) is 18.9 Å². The third kappa shape index (κ3) is 4.19. The Morgan fingerprint density at radius 1 is 1.00 bits per heavy atom. The van der Waals surface area contributed by atoms with Crippen LogP contribution >= 0.6 is 0 Å². The second-order valence-electron chi connectivity index (χ2n) is 6.62. The molecular weight excluding hydrogens is 238 g/mol. The molecule has 19 heavy (non-hydrogen) atoms. The molecule has 0 aliphatic rings. The van der Waals surface area contributed by atoms with Crippen molar-refractivity contribution in [1.82, 2.24) is 0 Å². The van der Waals surface area contributed by atoms with E-state index in [9.17, 15) is 9.59 Å². The summed E-state index contributed by atoms with van der Waals surface area (Å²) in [5.41, 5.74) is 1.24. The zero-order valence-electron chi connectivity index (χ0n) is 13.0. The second kappa shape index (κ2) is 6.36. The Hall–Kier alpha value is -1.12. The van der Waals surface area contributed by atoms with Crippen LogP contribution in [0.15, 0.2) is 9.59 Å². The van der Waals surface area contributed by atoms with Crippen LogP contribution in [0.2, 0.25) is 0 Å². The predicted molar refractivity (Wildman–Crippen MR) is 81.9 cm³/mol. The van der Waals surface area contributed by atoms with Gasteiger partial charge in [-0.3, -0.25) is 9.59 Å². The van der Waals surface area contributed by atoms with E-state index in [2.05, 4.69) is 20.8 Å². The molecule has 0 atom stereocenters. The summed E-state index contributed by atoms with van der Waals surface area (Å²) < 4.78 is 0. The van der Waals surface area contributed by atoms with Gasteiger partial charge in [-0.05, 0) is 31.6 Å². The summed E-state index contributed by atoms with van der Waals surface area (Å²) in [7, 11) is 1.87. The topological polar surface area (TPSA) is 37.4 Å². The highest BCUT2D eigenvalue weighted by atomic mass is 16.2. The van der Waals surface area contributed by atoms with Crippen LogP contribution in [-0.4, -0.2) is 13.6 Å². The summed E-state index contributed by atoms with van der Waals surface area (Å²) in [4.78, 5) is 25.0. The molecule has 0 unspecified atom stereocenters. The summed E-state index contributed by atoms with van der Waals surface area (Å²) in [6.07, 6.45) is 5.30. The average Bonchev–Trinajstić information content (AvgIpc) is 2.34. The fraction of sp³-hybridized carbons (Fsp3) is 0.750. The van der Waals surface area contributed by atoms with E-state index in [-0.39, 0.29) is 10.9 Å². The molecule has 108 valence electrons. The van der Waals surface area contributed by atoms with Gasteiger partial charge in [-0.25, -0.2) is 0 Å². The Morgan fingerprint density at radius 3 is 2.16 bits per heavy atom. The zero-order valence-corrected chi connectivity index (χ0v) is 13.0. The van der Waals surface area contributed by atoms with Crippen molar-refractivity contribution >= 4 is 5.69 Å². The fourth-order valence-corrected chi connectivity index (χ4v) is 2.35. The van der Waals surface area contributed by atoms with Crippen molar-refractivity contribution in [2.75, 3.05) is 18.5 Å². The average molecular weight is 265 g/mol. The lowest BCUT2D eigenvalue weighted by molar-refractivity contribution is 0.358. The van der Waals surface area contributed by atoms with Crippen LogP contribution < -0.4 is 15.8 Å². The Balaban J connectivity index is 2.45. The van der Waals surface area contributed by atoms with Crippen LogP contribution in [-0.2, 0) is 6.42 Å². The fourth-order valence-electron chi connectivity index (χ4n) is 2.35. The molecule has 0 saturated carbocycles. The molecule has 0 N–H and O–H groups in total. The molecule has 0 heterocycles. The SMILES string of the molecule is CCN(C)c1c(CCCCCC(C)(C)C)c(=O)c1=O. The summed E-state index contributed by atoms with van der Waals surface area (Å²) in [6.45, 7) is 9.50. The second-order valence-corrected chi connectivity index (χ2v) is 6.62. The molecule has 0 saturated heterocycles. The molecule has 0 aliphatic heterocycles. The molecule has 3 nitrogen and oxygen atoms in total. The monoisotopic (exact) mass is 265 g/mol. The number of unbranched alkanes of at least 4 members (excludes halogenated alkanes) is 2. The van der Waals surface area contributed by atoms with Gasteiger partial charge in [0.25, 0.3) is 0 Å². The Bertz CT molecular complexity index is 475. The summed E-state index contributed by atoms with van der Waals surface area (Å²) in [5, 5.41) is 0. The first kappa shape index (κ1) is 15.9. The number of hydrogen-bond acceptors (Lipinski definition) is 3.